The van der Waals surface area contributed by atoms with E-state index in [0.717, 1.165) is 11.4 Å². The van der Waals surface area contributed by atoms with Gasteiger partial charge < -0.3 is 10.4 Å². The van der Waals surface area contributed by atoms with Crippen molar-refractivity contribution in [3.05, 3.63) is 17.5 Å². The number of nitrogens with one attached hydrogen (secondary N) is 1. The Morgan fingerprint density at radius 1 is 1.47 bits per heavy atom. The molecule has 0 spiro atoms. The van der Waals surface area contributed by atoms with Gasteiger partial charge in [-0.25, -0.2) is 0 Å². The number of hydrogen-bond donors (Lipinski definition) is 2. The average molecular weight is 267 g/mol. The number of carbonyl (C=O) groups excluding carboxylic acids is 1. The fourth-order valence-corrected chi connectivity index (χ4v) is 1.99. The standard InChI is InChI=1S/C13H21N3O3/c1-9-7-10(2)16(15-9)11(3)8-12(17)14-6-4-5-13(18)19/h7,11H,4-6,8H2,1-3H3,(H,14,17)(H,18,19). The van der Waals surface area contributed by atoms with Crippen LogP contribution in [0.3, 0.4) is 0 Å². The molecule has 0 aliphatic heterocycles. The van der Waals surface area contributed by atoms with Crippen molar-refractivity contribution < 1.29 is 14.7 Å². The van der Waals surface area contributed by atoms with Gasteiger partial charge in [0.25, 0.3) is 0 Å². The van der Waals surface area contributed by atoms with Gasteiger partial charge in [0.05, 0.1) is 11.7 Å². The molecule has 2 N–H and O–H groups in total. The molecule has 0 fully saturated rings. The van der Waals surface area contributed by atoms with E-state index in [4.69, 9.17) is 5.11 Å². The van der Waals surface area contributed by atoms with Crippen LogP contribution in [0.25, 0.3) is 0 Å². The fourth-order valence-electron chi connectivity index (χ4n) is 1.99. The molecule has 0 aliphatic carbocycles. The number of carbonyl (C=O) groups is 2. The molecular weight excluding hydrogens is 246 g/mol. The van der Waals surface area contributed by atoms with Crippen LogP contribution < -0.4 is 5.32 Å². The molecular formula is C13H21N3O3. The average Bonchev–Trinajstić information content (AvgIpc) is 2.64. The van der Waals surface area contributed by atoms with Gasteiger partial charge >= 0.3 is 5.97 Å². The van der Waals surface area contributed by atoms with Crippen LogP contribution in [0.4, 0.5) is 0 Å². The summed E-state index contributed by atoms with van der Waals surface area (Å²) in [6.07, 6.45) is 0.873. The second-order valence-electron chi connectivity index (χ2n) is 4.77. The molecule has 1 unspecified atom stereocenters. The monoisotopic (exact) mass is 267 g/mol. The molecule has 1 aromatic rings. The lowest BCUT2D eigenvalue weighted by atomic mass is 10.2. The van der Waals surface area contributed by atoms with Gasteiger partial charge in [0.1, 0.15) is 0 Å². The summed E-state index contributed by atoms with van der Waals surface area (Å²) in [6.45, 7) is 6.22. The third kappa shape index (κ3) is 5.11. The Balaban J connectivity index is 2.36. The van der Waals surface area contributed by atoms with E-state index in [-0.39, 0.29) is 18.4 Å². The van der Waals surface area contributed by atoms with E-state index in [9.17, 15) is 9.59 Å². The molecule has 0 bridgehead atoms. The van der Waals surface area contributed by atoms with Crippen LogP contribution in [0, 0.1) is 13.8 Å². The highest BCUT2D eigenvalue weighted by Gasteiger charge is 2.13. The number of amides is 1. The quantitative estimate of drug-likeness (QED) is 0.732. The maximum absolute atomic E-state index is 11.7. The van der Waals surface area contributed by atoms with Crippen molar-refractivity contribution in [2.45, 2.75) is 46.1 Å². The van der Waals surface area contributed by atoms with E-state index >= 15 is 0 Å². The van der Waals surface area contributed by atoms with Crippen molar-refractivity contribution in [3.63, 3.8) is 0 Å². The Kier molecular flexibility index (Phi) is 5.54. The van der Waals surface area contributed by atoms with Gasteiger partial charge in [-0.15, -0.1) is 0 Å². The highest BCUT2D eigenvalue weighted by molar-refractivity contribution is 5.76. The third-order valence-corrected chi connectivity index (χ3v) is 2.83. The Morgan fingerprint density at radius 2 is 2.16 bits per heavy atom. The Labute approximate surface area is 112 Å². The summed E-state index contributed by atoms with van der Waals surface area (Å²) in [5, 5.41) is 15.5. The maximum Gasteiger partial charge on any atom is 0.303 e. The number of aliphatic carboxylic acids is 1. The topological polar surface area (TPSA) is 84.2 Å². The largest absolute Gasteiger partial charge is 0.481 e. The predicted molar refractivity (Wildman–Crippen MR) is 70.9 cm³/mol. The van der Waals surface area contributed by atoms with Crippen LogP contribution in [0.15, 0.2) is 6.07 Å². The molecule has 1 aromatic heterocycles. The summed E-state index contributed by atoms with van der Waals surface area (Å²) in [5.74, 6) is -0.921. The number of carboxylic acids is 1. The molecule has 6 heteroatoms. The fraction of sp³-hybridized carbons (Fsp3) is 0.615. The first kappa shape index (κ1) is 15.2. The van der Waals surface area contributed by atoms with Gasteiger partial charge in [0.15, 0.2) is 0 Å². The van der Waals surface area contributed by atoms with Gasteiger partial charge in [-0.2, -0.15) is 5.10 Å². The maximum atomic E-state index is 11.7. The second-order valence-corrected chi connectivity index (χ2v) is 4.77. The zero-order valence-electron chi connectivity index (χ0n) is 11.6. The van der Waals surface area contributed by atoms with Crippen LogP contribution in [0.1, 0.15) is 43.6 Å². The van der Waals surface area contributed by atoms with Crippen LogP contribution in [0.5, 0.6) is 0 Å². The summed E-state index contributed by atoms with van der Waals surface area (Å²) in [4.78, 5) is 22.0. The highest BCUT2D eigenvalue weighted by Crippen LogP contribution is 2.13. The molecule has 0 saturated carbocycles. The normalized spacial score (nSPS) is 12.2. The minimum absolute atomic E-state index is 0.00632. The van der Waals surface area contributed by atoms with Crippen molar-refractivity contribution in [1.29, 1.82) is 0 Å². The smallest absolute Gasteiger partial charge is 0.303 e. The van der Waals surface area contributed by atoms with Gasteiger partial charge in [-0.3, -0.25) is 14.3 Å². The van der Waals surface area contributed by atoms with Crippen molar-refractivity contribution in [2.24, 2.45) is 0 Å². The van der Waals surface area contributed by atoms with E-state index < -0.39 is 5.97 Å². The predicted octanol–water partition coefficient (Wildman–Crippen LogP) is 1.43. The molecule has 1 heterocycles. The summed E-state index contributed by atoms with van der Waals surface area (Å²) < 4.78 is 1.84. The number of rotatable bonds is 7. The Bertz CT molecular complexity index is 454. The minimum atomic E-state index is -0.842. The number of nitrogens with zero attached hydrogens (tertiary/aromatic N) is 2. The van der Waals surface area contributed by atoms with Crippen molar-refractivity contribution in [1.82, 2.24) is 15.1 Å². The minimum Gasteiger partial charge on any atom is -0.481 e. The molecule has 1 atom stereocenters. The number of aryl methyl sites for hydroxylation is 2. The molecule has 0 radical (unpaired) electrons. The highest BCUT2D eigenvalue weighted by atomic mass is 16.4. The lowest BCUT2D eigenvalue weighted by molar-refractivity contribution is -0.137. The summed E-state index contributed by atoms with van der Waals surface area (Å²) in [7, 11) is 0. The first-order valence-corrected chi connectivity index (χ1v) is 6.41. The van der Waals surface area contributed by atoms with Crippen LogP contribution in [0.2, 0.25) is 0 Å². The first-order chi connectivity index (χ1) is 8.90. The van der Waals surface area contributed by atoms with Crippen LogP contribution in [-0.4, -0.2) is 33.3 Å². The molecule has 19 heavy (non-hydrogen) atoms. The van der Waals surface area contributed by atoms with Gasteiger partial charge in [-0.1, -0.05) is 0 Å². The van der Waals surface area contributed by atoms with Gasteiger partial charge in [0.2, 0.25) is 5.91 Å². The molecule has 106 valence electrons. The van der Waals surface area contributed by atoms with Crippen molar-refractivity contribution >= 4 is 11.9 Å². The molecule has 1 amide bonds. The van der Waals surface area contributed by atoms with Gasteiger partial charge in [0, 0.05) is 25.1 Å². The van der Waals surface area contributed by atoms with Crippen molar-refractivity contribution in [2.75, 3.05) is 6.54 Å². The lowest BCUT2D eigenvalue weighted by Gasteiger charge is -2.14. The summed E-state index contributed by atoms with van der Waals surface area (Å²) in [5.41, 5.74) is 1.97. The number of aromatic nitrogens is 2. The lowest BCUT2D eigenvalue weighted by Crippen LogP contribution is -2.27. The van der Waals surface area contributed by atoms with E-state index in [2.05, 4.69) is 10.4 Å². The third-order valence-electron chi connectivity index (χ3n) is 2.83. The van der Waals surface area contributed by atoms with E-state index in [1.165, 1.54) is 0 Å². The SMILES string of the molecule is Cc1cc(C)n(C(C)CC(=O)NCCCC(=O)O)n1. The van der Waals surface area contributed by atoms with E-state index in [1.807, 2.05) is 31.5 Å². The van der Waals surface area contributed by atoms with Gasteiger partial charge in [-0.05, 0) is 33.3 Å². The second kappa shape index (κ2) is 6.92. The molecule has 0 saturated heterocycles. The Morgan fingerprint density at radius 3 is 2.68 bits per heavy atom. The molecule has 0 aromatic carbocycles. The summed E-state index contributed by atoms with van der Waals surface area (Å²) in [6, 6.07) is 1.97. The molecule has 0 aliphatic rings. The first-order valence-electron chi connectivity index (χ1n) is 6.41. The number of carboxylic acid groups (broad SMARTS) is 1. The Hall–Kier alpha value is -1.85. The zero-order chi connectivity index (χ0) is 14.4. The molecule has 1 rings (SSSR count). The summed E-state index contributed by atoms with van der Waals surface area (Å²) >= 11 is 0. The van der Waals surface area contributed by atoms with Crippen LogP contribution >= 0.6 is 0 Å². The van der Waals surface area contributed by atoms with Crippen molar-refractivity contribution in [3.8, 4) is 0 Å². The number of hydrogen-bond acceptors (Lipinski definition) is 3. The van der Waals surface area contributed by atoms with E-state index in [0.29, 0.717) is 19.4 Å². The zero-order valence-corrected chi connectivity index (χ0v) is 11.6. The molecule has 6 nitrogen and oxygen atoms in total. The van der Waals surface area contributed by atoms with E-state index in [1.54, 1.807) is 0 Å². The van der Waals surface area contributed by atoms with Crippen LogP contribution in [-0.2, 0) is 9.59 Å².